The number of aliphatic hydroxyl groups excluding tert-OH is 1. The van der Waals surface area contributed by atoms with Gasteiger partial charge in [-0.2, -0.15) is 16.6 Å². The average Bonchev–Trinajstić information content (AvgIpc) is 4.04. The first-order valence-electron chi connectivity index (χ1n) is 19.3. The second-order valence-electron chi connectivity index (χ2n) is 15.7. The standard InChI is InChI=1S/C19H25ClN4O2Si.C10H7ClN2O.C9H18N2OSi.C4H9.CH4.Li.H2/c1-27(2,3)13-12-26-14-23-11-9-21-19(23)18(25)15-6-4-7-16(20)17(15)24-10-5-8-22-24;11-9-4-1-3-8(7-14)10(9)13-6-2-5-12-13;1-13(2,3)7-6-12-9-11-5-4-10-8-11;1-3-4-2;;;/h4-11,18,25H,12-14H2,1-3H3;1-7H;4-5,8H,6-7,9H2,1-3H3;1,3-4H2,2H3;1H4;;1H/q;;;-1;;+1;/i;;;;;;1+1. The largest absolute Gasteiger partial charge is 1.00 e. The molecule has 0 radical (unpaired) electrons. The van der Waals surface area contributed by atoms with E-state index in [0.717, 1.165) is 25.4 Å². The molecule has 17 heteroatoms. The maximum absolute atomic E-state index is 11.0. The number of aliphatic hydroxyl groups is 1. The molecule has 12 nitrogen and oxygen atoms in total. The summed E-state index contributed by atoms with van der Waals surface area (Å²) in [4.78, 5) is 19.1. The van der Waals surface area contributed by atoms with Crippen molar-refractivity contribution in [1.82, 2.24) is 38.7 Å². The molecule has 0 fully saturated rings. The van der Waals surface area contributed by atoms with E-state index in [2.05, 4.69) is 73.3 Å². The monoisotopic (exact) mass is 891 g/mol. The number of para-hydroxylation sites is 2. The number of ether oxygens (including phenoxy) is 2. The van der Waals surface area contributed by atoms with Crippen LogP contribution in [-0.2, 0) is 22.9 Å². The van der Waals surface area contributed by atoms with Crippen LogP contribution in [0.3, 0.4) is 0 Å². The molecule has 0 aliphatic rings. The van der Waals surface area contributed by atoms with Crippen LogP contribution in [0, 0.1) is 6.92 Å². The van der Waals surface area contributed by atoms with Gasteiger partial charge in [-0.05, 0) is 42.4 Å². The van der Waals surface area contributed by atoms with E-state index < -0.39 is 22.3 Å². The summed E-state index contributed by atoms with van der Waals surface area (Å²) in [7, 11) is -2.06. The Morgan fingerprint density at radius 3 is 1.85 bits per heavy atom. The quantitative estimate of drug-likeness (QED) is 0.0447. The normalized spacial score (nSPS) is 11.3. The summed E-state index contributed by atoms with van der Waals surface area (Å²) in [5, 5.41) is 20.3. The number of carbonyl (C=O) groups is 1. The smallest absolute Gasteiger partial charge is 0.380 e. The molecular weight excluding hydrogens is 827 g/mol. The van der Waals surface area contributed by atoms with Crippen LogP contribution in [0.5, 0.6) is 0 Å². The van der Waals surface area contributed by atoms with Crippen LogP contribution in [-0.4, -0.2) is 79.4 Å². The molecule has 0 spiro atoms. The van der Waals surface area contributed by atoms with E-state index in [4.69, 9.17) is 32.7 Å². The van der Waals surface area contributed by atoms with Gasteiger partial charge in [0, 0.05) is 91.5 Å². The molecule has 0 aliphatic heterocycles. The predicted molar refractivity (Wildman–Crippen MR) is 248 cm³/mol. The number of rotatable bonds is 16. The van der Waals surface area contributed by atoms with Crippen molar-refractivity contribution in [2.24, 2.45) is 0 Å². The van der Waals surface area contributed by atoms with Gasteiger partial charge in [-0.15, -0.1) is 0 Å². The molecule has 0 amide bonds. The van der Waals surface area contributed by atoms with E-state index in [9.17, 15) is 9.90 Å². The van der Waals surface area contributed by atoms with Gasteiger partial charge in [0.15, 0.2) is 6.29 Å². The first-order valence-corrected chi connectivity index (χ1v) is 27.5. The average molecular weight is 893 g/mol. The second-order valence-corrected chi connectivity index (χ2v) is 27.7. The Bertz CT molecular complexity index is 2020. The Hall–Kier alpha value is -3.56. The minimum atomic E-state index is -1.14. The SMILES string of the molecule is C.C[Si](C)(C)CCOCn1ccnc1.C[Si](C)(C)CCOCn1ccnc1C(O)c1cccc(Cl)c1-n1cccn1.O=Cc1cccc(Cl)c1-n1cccn1.[2HH].[CH2-]CCC.[Li+]. The van der Waals surface area contributed by atoms with Crippen molar-refractivity contribution in [2.45, 2.75) is 98.1 Å². The molecule has 4 aromatic heterocycles. The molecule has 6 rings (SSSR count). The molecule has 6 aromatic rings. The molecule has 0 aliphatic carbocycles. The van der Waals surface area contributed by atoms with Crippen molar-refractivity contribution in [3.63, 3.8) is 0 Å². The zero-order valence-corrected chi connectivity index (χ0v) is 39.4. The Kier molecular flexibility index (Phi) is 25.5. The van der Waals surface area contributed by atoms with Gasteiger partial charge in [0.25, 0.3) is 0 Å². The summed E-state index contributed by atoms with van der Waals surface area (Å²) >= 11 is 12.4. The van der Waals surface area contributed by atoms with Crippen LogP contribution in [0.2, 0.25) is 61.4 Å². The fourth-order valence-corrected chi connectivity index (χ4v) is 6.98. The fourth-order valence-electron chi connectivity index (χ4n) is 4.93. The zero-order chi connectivity index (χ0) is 42.6. The zero-order valence-electron chi connectivity index (χ0n) is 35.8. The third-order valence-corrected chi connectivity index (χ3v) is 12.3. The Labute approximate surface area is 382 Å². The molecule has 0 saturated heterocycles. The van der Waals surface area contributed by atoms with Crippen molar-refractivity contribution >= 4 is 45.6 Å². The molecule has 4 heterocycles. The van der Waals surface area contributed by atoms with Crippen molar-refractivity contribution in [3.8, 4) is 11.4 Å². The summed E-state index contributed by atoms with van der Waals surface area (Å²) in [5.74, 6) is 0.513. The van der Waals surface area contributed by atoms with Gasteiger partial charge in [0.1, 0.15) is 25.4 Å². The van der Waals surface area contributed by atoms with Crippen molar-refractivity contribution in [2.75, 3.05) is 13.2 Å². The number of imidazole rings is 2. The van der Waals surface area contributed by atoms with Crippen molar-refractivity contribution < 1.29 is 39.7 Å². The Balaban J connectivity index is 0.000000897. The number of carbonyl (C=O) groups excluding carboxylic acids is 1. The number of aldehydes is 1. The van der Waals surface area contributed by atoms with Crippen LogP contribution in [0.1, 0.15) is 56.5 Å². The number of benzene rings is 2. The first kappa shape index (κ1) is 54.5. The molecule has 0 bridgehead atoms. The minimum absolute atomic E-state index is 0. The van der Waals surface area contributed by atoms with Crippen LogP contribution in [0.4, 0.5) is 0 Å². The van der Waals surface area contributed by atoms with Crippen LogP contribution >= 0.6 is 23.2 Å². The number of halogens is 2. The molecule has 60 heavy (non-hydrogen) atoms. The Morgan fingerprint density at radius 1 is 0.800 bits per heavy atom. The van der Waals surface area contributed by atoms with E-state index in [0.29, 0.717) is 58.4 Å². The van der Waals surface area contributed by atoms with Gasteiger partial charge in [-0.3, -0.25) is 4.79 Å². The van der Waals surface area contributed by atoms with Gasteiger partial charge < -0.3 is 30.6 Å². The van der Waals surface area contributed by atoms with Gasteiger partial charge >= 0.3 is 18.9 Å². The summed E-state index contributed by atoms with van der Waals surface area (Å²) in [5.41, 5.74) is 2.43. The summed E-state index contributed by atoms with van der Waals surface area (Å²) in [6, 6.07) is 16.5. The van der Waals surface area contributed by atoms with E-state index in [1.165, 1.54) is 12.5 Å². The van der Waals surface area contributed by atoms with E-state index >= 15 is 0 Å². The topological polar surface area (TPSA) is 127 Å². The number of hydrogen-bond acceptors (Lipinski definition) is 8. The summed E-state index contributed by atoms with van der Waals surface area (Å²) in [6.45, 7) is 22.3. The third-order valence-electron chi connectivity index (χ3n) is 8.29. The molecule has 1 unspecified atom stereocenters. The third kappa shape index (κ3) is 19.0. The molecule has 1 N–H and O–H groups in total. The summed E-state index contributed by atoms with van der Waals surface area (Å²) in [6.07, 6.45) is 17.9. The van der Waals surface area contributed by atoms with Crippen LogP contribution in [0.15, 0.2) is 104 Å². The number of nitrogens with zero attached hydrogens (tertiary/aromatic N) is 8. The van der Waals surface area contributed by atoms with E-state index in [-0.39, 0.29) is 27.7 Å². The molecular formula is C43H65Cl2LiN8O4Si2. The van der Waals surface area contributed by atoms with E-state index in [1.807, 2.05) is 39.7 Å². The van der Waals surface area contributed by atoms with Crippen LogP contribution in [0.25, 0.3) is 11.4 Å². The Morgan fingerprint density at radius 2 is 1.35 bits per heavy atom. The van der Waals surface area contributed by atoms with Crippen LogP contribution < -0.4 is 18.9 Å². The summed E-state index contributed by atoms with van der Waals surface area (Å²) < 4.78 is 18.3. The molecule has 324 valence electrons. The number of unbranched alkanes of at least 4 members (excludes halogenated alkanes) is 1. The van der Waals surface area contributed by atoms with Gasteiger partial charge in [0.2, 0.25) is 0 Å². The van der Waals surface area contributed by atoms with Gasteiger partial charge in [0.05, 0.1) is 27.7 Å². The van der Waals surface area contributed by atoms with Crippen molar-refractivity contribution in [3.05, 3.63) is 138 Å². The van der Waals surface area contributed by atoms with Gasteiger partial charge in [-0.1, -0.05) is 101 Å². The van der Waals surface area contributed by atoms with Crippen molar-refractivity contribution in [1.29, 1.82) is 0 Å². The maximum atomic E-state index is 11.0. The predicted octanol–water partition coefficient (Wildman–Crippen LogP) is 8.16. The minimum Gasteiger partial charge on any atom is -0.380 e. The number of aromatic nitrogens is 8. The fraction of sp³-hybridized carbons (Fsp3) is 0.395. The molecule has 0 saturated carbocycles. The maximum Gasteiger partial charge on any atom is 1.00 e. The number of hydrogen-bond donors (Lipinski definition) is 1. The second kappa shape index (κ2) is 28.1. The van der Waals surface area contributed by atoms with Gasteiger partial charge in [-0.25, -0.2) is 19.3 Å². The molecule has 1 atom stereocenters. The molecule has 2 aromatic carbocycles. The van der Waals surface area contributed by atoms with E-state index in [1.54, 1.807) is 83.2 Å². The first-order chi connectivity index (χ1) is 27.7.